The second kappa shape index (κ2) is 7.29. The average Bonchev–Trinajstić information content (AvgIpc) is 2.45. The fraction of sp³-hybridized carbons (Fsp3) is 0.400. The van der Waals surface area contributed by atoms with Crippen molar-refractivity contribution in [2.45, 2.75) is 25.1 Å². The first-order chi connectivity index (χ1) is 9.59. The van der Waals surface area contributed by atoms with Gasteiger partial charge in [0.25, 0.3) is 0 Å². The van der Waals surface area contributed by atoms with Crippen LogP contribution in [0.25, 0.3) is 10.9 Å². The summed E-state index contributed by atoms with van der Waals surface area (Å²) >= 11 is 3.55. The number of halogens is 1. The smallest absolute Gasteiger partial charge is 0.0758 e. The van der Waals surface area contributed by atoms with Crippen molar-refractivity contribution < 1.29 is 4.21 Å². The molecule has 0 bridgehead atoms. The molecule has 1 aromatic carbocycles. The van der Waals surface area contributed by atoms with Crippen molar-refractivity contribution >= 4 is 37.6 Å². The molecule has 0 aliphatic heterocycles. The number of aromatic nitrogens is 1. The zero-order valence-electron chi connectivity index (χ0n) is 11.7. The molecule has 0 spiro atoms. The third kappa shape index (κ3) is 3.87. The van der Waals surface area contributed by atoms with Crippen molar-refractivity contribution in [2.75, 3.05) is 12.8 Å². The monoisotopic (exact) mass is 354 g/mol. The third-order valence-electron chi connectivity index (χ3n) is 3.41. The first-order valence-corrected chi connectivity index (χ1v) is 9.06. The summed E-state index contributed by atoms with van der Waals surface area (Å²) in [5.74, 6) is 0. The summed E-state index contributed by atoms with van der Waals surface area (Å²) in [5.41, 5.74) is 2.22. The predicted octanol–water partition coefficient (Wildman–Crippen LogP) is 3.24. The Morgan fingerprint density at radius 3 is 2.95 bits per heavy atom. The highest BCUT2D eigenvalue weighted by Gasteiger charge is 2.07. The van der Waals surface area contributed by atoms with Gasteiger partial charge in [0.2, 0.25) is 0 Å². The van der Waals surface area contributed by atoms with Gasteiger partial charge in [-0.05, 0) is 30.7 Å². The lowest BCUT2D eigenvalue weighted by Gasteiger charge is -2.11. The molecule has 2 atom stereocenters. The number of hydrogen-bond donors (Lipinski definition) is 1. The van der Waals surface area contributed by atoms with Gasteiger partial charge in [-0.15, -0.1) is 0 Å². The summed E-state index contributed by atoms with van der Waals surface area (Å²) in [6.45, 7) is 3.67. The summed E-state index contributed by atoms with van der Waals surface area (Å²) < 4.78 is 12.4. The van der Waals surface area contributed by atoms with Gasteiger partial charge in [-0.1, -0.05) is 35.0 Å². The molecule has 20 heavy (non-hydrogen) atoms. The van der Waals surface area contributed by atoms with E-state index < -0.39 is 10.8 Å². The predicted molar refractivity (Wildman–Crippen MR) is 89.3 cm³/mol. The number of hydrogen-bond acceptors (Lipinski definition) is 3. The van der Waals surface area contributed by atoms with E-state index in [1.54, 1.807) is 6.26 Å². The second-order valence-electron chi connectivity index (χ2n) is 4.88. The second-order valence-corrected chi connectivity index (χ2v) is 7.54. The molecule has 0 saturated heterocycles. The standard InChI is InChI=1S/C15H19BrN2OS/c1-11(20(2)19)7-9-17-10-12-5-6-14(16)13-4-3-8-18-15(12)13/h3-6,8,11,17H,7,9-10H2,1-2H3. The van der Waals surface area contributed by atoms with E-state index in [1.807, 2.05) is 19.2 Å². The van der Waals surface area contributed by atoms with Crippen molar-refractivity contribution in [3.8, 4) is 0 Å². The third-order valence-corrected chi connectivity index (χ3v) is 5.47. The van der Waals surface area contributed by atoms with Crippen molar-refractivity contribution in [3.63, 3.8) is 0 Å². The van der Waals surface area contributed by atoms with Crippen LogP contribution in [0.2, 0.25) is 0 Å². The lowest BCUT2D eigenvalue weighted by atomic mass is 10.1. The molecule has 0 fully saturated rings. The molecular formula is C15H19BrN2OS. The molecule has 0 aliphatic rings. The van der Waals surface area contributed by atoms with Crippen LogP contribution < -0.4 is 5.32 Å². The van der Waals surface area contributed by atoms with Crippen LogP contribution in [-0.2, 0) is 17.3 Å². The van der Waals surface area contributed by atoms with Crippen LogP contribution in [0.3, 0.4) is 0 Å². The van der Waals surface area contributed by atoms with Gasteiger partial charge in [-0.2, -0.15) is 0 Å². The molecule has 0 radical (unpaired) electrons. The maximum atomic E-state index is 11.3. The summed E-state index contributed by atoms with van der Waals surface area (Å²) in [6.07, 6.45) is 4.50. The molecule has 0 saturated carbocycles. The Labute approximate surface area is 130 Å². The Morgan fingerprint density at radius 2 is 2.20 bits per heavy atom. The quantitative estimate of drug-likeness (QED) is 0.809. The molecule has 5 heteroatoms. The van der Waals surface area contributed by atoms with Gasteiger partial charge in [0.1, 0.15) is 0 Å². The van der Waals surface area contributed by atoms with E-state index in [1.165, 1.54) is 5.56 Å². The van der Waals surface area contributed by atoms with Crippen molar-refractivity contribution in [1.29, 1.82) is 0 Å². The average molecular weight is 355 g/mol. The van der Waals surface area contributed by atoms with Crippen molar-refractivity contribution in [1.82, 2.24) is 10.3 Å². The molecule has 2 rings (SSSR count). The lowest BCUT2D eigenvalue weighted by molar-refractivity contribution is 0.630. The number of pyridine rings is 1. The van der Waals surface area contributed by atoms with Gasteiger partial charge < -0.3 is 5.32 Å². The summed E-state index contributed by atoms with van der Waals surface area (Å²) in [5, 5.41) is 4.78. The van der Waals surface area contributed by atoms with E-state index in [9.17, 15) is 4.21 Å². The van der Waals surface area contributed by atoms with E-state index in [0.717, 1.165) is 34.9 Å². The first-order valence-electron chi connectivity index (χ1n) is 6.64. The number of fused-ring (bicyclic) bond motifs is 1. The van der Waals surface area contributed by atoms with Gasteiger partial charge >= 0.3 is 0 Å². The van der Waals surface area contributed by atoms with E-state index in [-0.39, 0.29) is 5.25 Å². The van der Waals surface area contributed by atoms with E-state index in [0.29, 0.717) is 0 Å². The molecule has 108 valence electrons. The summed E-state index contributed by atoms with van der Waals surface area (Å²) in [4.78, 5) is 4.47. The van der Waals surface area contributed by atoms with Crippen LogP contribution >= 0.6 is 15.9 Å². The first kappa shape index (κ1) is 15.6. The highest BCUT2D eigenvalue weighted by atomic mass is 79.9. The van der Waals surface area contributed by atoms with Gasteiger partial charge in [-0.3, -0.25) is 9.19 Å². The minimum atomic E-state index is -0.742. The molecule has 1 N–H and O–H groups in total. The maximum absolute atomic E-state index is 11.3. The fourth-order valence-corrected chi connectivity index (χ4v) is 2.94. The Balaban J connectivity index is 2.00. The minimum absolute atomic E-state index is 0.238. The largest absolute Gasteiger partial charge is 0.313 e. The van der Waals surface area contributed by atoms with E-state index in [2.05, 4.69) is 44.4 Å². The lowest BCUT2D eigenvalue weighted by Crippen LogP contribution is -2.21. The molecule has 0 aliphatic carbocycles. The number of rotatable bonds is 6. The van der Waals surface area contributed by atoms with Crippen LogP contribution in [0.4, 0.5) is 0 Å². The van der Waals surface area contributed by atoms with Crippen molar-refractivity contribution in [2.24, 2.45) is 0 Å². The van der Waals surface area contributed by atoms with E-state index in [4.69, 9.17) is 0 Å². The SMILES string of the molecule is CC(CCNCc1ccc(Br)c2cccnc12)S(C)=O. The molecule has 2 aromatic rings. The van der Waals surface area contributed by atoms with Crippen LogP contribution in [0, 0.1) is 0 Å². The molecule has 3 nitrogen and oxygen atoms in total. The molecule has 1 heterocycles. The van der Waals surface area contributed by atoms with Gasteiger partial charge in [0.05, 0.1) is 5.52 Å². The number of nitrogens with zero attached hydrogens (tertiary/aromatic N) is 1. The minimum Gasteiger partial charge on any atom is -0.313 e. The number of benzene rings is 1. The molecule has 2 unspecified atom stereocenters. The Morgan fingerprint density at radius 1 is 1.40 bits per heavy atom. The topological polar surface area (TPSA) is 42.0 Å². The van der Waals surface area contributed by atoms with Crippen LogP contribution in [0.1, 0.15) is 18.9 Å². The normalized spacial score (nSPS) is 14.3. The Bertz CT molecular complexity index is 618. The number of nitrogens with one attached hydrogen (secondary N) is 1. The molecule has 1 aromatic heterocycles. The zero-order chi connectivity index (χ0) is 14.5. The van der Waals surface area contributed by atoms with Gasteiger partial charge in [0, 0.05) is 44.9 Å². The molecular weight excluding hydrogens is 336 g/mol. The van der Waals surface area contributed by atoms with Crippen LogP contribution in [0.15, 0.2) is 34.9 Å². The van der Waals surface area contributed by atoms with Gasteiger partial charge in [-0.25, -0.2) is 0 Å². The fourth-order valence-electron chi connectivity index (χ4n) is 2.03. The van der Waals surface area contributed by atoms with Gasteiger partial charge in [0.15, 0.2) is 0 Å². The summed E-state index contributed by atoms with van der Waals surface area (Å²) in [7, 11) is -0.742. The van der Waals surface area contributed by atoms with Crippen LogP contribution in [-0.4, -0.2) is 27.2 Å². The Kier molecular flexibility index (Phi) is 5.69. The summed E-state index contributed by atoms with van der Waals surface area (Å²) in [6, 6.07) is 8.17. The van der Waals surface area contributed by atoms with E-state index >= 15 is 0 Å². The maximum Gasteiger partial charge on any atom is 0.0758 e. The van der Waals surface area contributed by atoms with Crippen LogP contribution in [0.5, 0.6) is 0 Å². The highest BCUT2D eigenvalue weighted by Crippen LogP contribution is 2.25. The Hall–Kier alpha value is -0.780. The van der Waals surface area contributed by atoms with Crippen molar-refractivity contribution in [3.05, 3.63) is 40.5 Å². The highest BCUT2D eigenvalue weighted by molar-refractivity contribution is 9.10. The zero-order valence-corrected chi connectivity index (χ0v) is 14.1. The molecule has 0 amide bonds.